The Morgan fingerprint density at radius 1 is 1.25 bits per heavy atom. The van der Waals surface area contributed by atoms with Crippen LogP contribution in [0.3, 0.4) is 0 Å². The maximum atomic E-state index is 12.7. The van der Waals surface area contributed by atoms with Gasteiger partial charge in [0.25, 0.3) is 0 Å². The molecule has 20 heavy (non-hydrogen) atoms. The van der Waals surface area contributed by atoms with E-state index in [2.05, 4.69) is 0 Å². The summed E-state index contributed by atoms with van der Waals surface area (Å²) in [5, 5.41) is 0. The van der Waals surface area contributed by atoms with E-state index in [-0.39, 0.29) is 10.9 Å². The van der Waals surface area contributed by atoms with E-state index in [1.807, 2.05) is 0 Å². The summed E-state index contributed by atoms with van der Waals surface area (Å²) in [7, 11) is -3.52. The quantitative estimate of drug-likeness (QED) is 0.882. The van der Waals surface area contributed by atoms with Crippen LogP contribution in [0.25, 0.3) is 0 Å². The lowest BCUT2D eigenvalue weighted by Gasteiger charge is -2.24. The minimum absolute atomic E-state index is 0.104. The van der Waals surface area contributed by atoms with Gasteiger partial charge in [0.15, 0.2) is 11.5 Å². The molecule has 1 unspecified atom stereocenters. The fraction of sp³-hybridized carbons (Fsp3) is 0.538. The molecule has 1 saturated heterocycles. The molecule has 0 spiro atoms. The van der Waals surface area contributed by atoms with E-state index in [0.29, 0.717) is 37.8 Å². The van der Waals surface area contributed by atoms with E-state index in [1.165, 1.54) is 10.4 Å². The summed E-state index contributed by atoms with van der Waals surface area (Å²) in [4.78, 5) is 0.238. The highest BCUT2D eigenvalue weighted by molar-refractivity contribution is 7.89. The second kappa shape index (κ2) is 5.23. The zero-order valence-corrected chi connectivity index (χ0v) is 11.9. The number of nitrogens with two attached hydrogens (primary N) is 1. The molecule has 6 nitrogen and oxygen atoms in total. The predicted octanol–water partition coefficient (Wildman–Crippen LogP) is 0.570. The van der Waals surface area contributed by atoms with Gasteiger partial charge in [-0.15, -0.1) is 0 Å². The van der Waals surface area contributed by atoms with Gasteiger partial charge >= 0.3 is 0 Å². The van der Waals surface area contributed by atoms with Crippen molar-refractivity contribution in [2.75, 3.05) is 26.3 Å². The Labute approximate surface area is 118 Å². The van der Waals surface area contributed by atoms with Crippen molar-refractivity contribution < 1.29 is 17.9 Å². The third kappa shape index (κ3) is 2.25. The molecule has 2 aliphatic rings. The number of ether oxygens (including phenoxy) is 2. The van der Waals surface area contributed by atoms with Gasteiger partial charge in [-0.1, -0.05) is 0 Å². The van der Waals surface area contributed by atoms with Crippen molar-refractivity contribution in [1.82, 2.24) is 4.31 Å². The molecule has 0 aliphatic carbocycles. The number of sulfonamides is 1. The zero-order chi connectivity index (χ0) is 14.2. The van der Waals surface area contributed by atoms with Crippen LogP contribution in [0.4, 0.5) is 0 Å². The average molecular weight is 298 g/mol. The Bertz CT molecular complexity index is 602. The van der Waals surface area contributed by atoms with Gasteiger partial charge in [-0.3, -0.25) is 0 Å². The number of fused-ring (bicyclic) bond motifs is 1. The SMILES string of the molecule is NCC1CCCN1S(=O)(=O)c1ccc2c(c1)OCCO2. The first kappa shape index (κ1) is 13.7. The fourth-order valence-corrected chi connectivity index (χ4v) is 4.40. The molecule has 2 N–H and O–H groups in total. The predicted molar refractivity (Wildman–Crippen MR) is 73.4 cm³/mol. The van der Waals surface area contributed by atoms with E-state index in [9.17, 15) is 8.42 Å². The number of nitrogens with zero attached hydrogens (tertiary/aromatic N) is 1. The van der Waals surface area contributed by atoms with E-state index >= 15 is 0 Å². The van der Waals surface area contributed by atoms with Crippen LogP contribution in [0, 0.1) is 0 Å². The van der Waals surface area contributed by atoms with E-state index in [0.717, 1.165) is 12.8 Å². The highest BCUT2D eigenvalue weighted by Gasteiger charge is 2.35. The van der Waals surface area contributed by atoms with Crippen molar-refractivity contribution >= 4 is 10.0 Å². The Morgan fingerprint density at radius 3 is 2.75 bits per heavy atom. The summed E-state index contributed by atoms with van der Waals surface area (Å²) < 4.78 is 37.7. The summed E-state index contributed by atoms with van der Waals surface area (Å²) >= 11 is 0. The summed E-state index contributed by atoms with van der Waals surface area (Å²) in [6.45, 7) is 1.80. The Morgan fingerprint density at radius 2 is 2.00 bits per heavy atom. The minimum atomic E-state index is -3.52. The van der Waals surface area contributed by atoms with Gasteiger partial charge in [0.05, 0.1) is 4.90 Å². The molecule has 0 radical (unpaired) electrons. The van der Waals surface area contributed by atoms with Crippen LogP contribution in [0.2, 0.25) is 0 Å². The van der Waals surface area contributed by atoms with Crippen LogP contribution in [-0.2, 0) is 10.0 Å². The van der Waals surface area contributed by atoms with Gasteiger partial charge in [-0.25, -0.2) is 8.42 Å². The van der Waals surface area contributed by atoms with Crippen molar-refractivity contribution in [3.05, 3.63) is 18.2 Å². The molecule has 3 rings (SSSR count). The Balaban J connectivity index is 1.95. The molecule has 0 amide bonds. The number of rotatable bonds is 3. The molecule has 1 aromatic carbocycles. The van der Waals surface area contributed by atoms with Crippen molar-refractivity contribution in [1.29, 1.82) is 0 Å². The van der Waals surface area contributed by atoms with Crippen molar-refractivity contribution in [2.45, 2.75) is 23.8 Å². The van der Waals surface area contributed by atoms with Gasteiger partial charge in [-0.2, -0.15) is 4.31 Å². The summed E-state index contributed by atoms with van der Waals surface area (Å²) in [6.07, 6.45) is 1.67. The molecular weight excluding hydrogens is 280 g/mol. The van der Waals surface area contributed by atoms with Gasteiger partial charge in [-0.05, 0) is 25.0 Å². The molecule has 7 heteroatoms. The van der Waals surface area contributed by atoms with E-state index in [1.54, 1.807) is 12.1 Å². The summed E-state index contributed by atoms with van der Waals surface area (Å²) in [5.41, 5.74) is 5.66. The lowest BCUT2D eigenvalue weighted by molar-refractivity contribution is 0.171. The first-order chi connectivity index (χ1) is 9.63. The molecule has 1 fully saturated rings. The Hall–Kier alpha value is -1.31. The molecule has 1 atom stereocenters. The highest BCUT2D eigenvalue weighted by Crippen LogP contribution is 2.34. The van der Waals surface area contributed by atoms with Gasteiger partial charge in [0.1, 0.15) is 13.2 Å². The van der Waals surface area contributed by atoms with Crippen molar-refractivity contribution in [2.24, 2.45) is 5.73 Å². The van der Waals surface area contributed by atoms with E-state index < -0.39 is 10.0 Å². The van der Waals surface area contributed by atoms with Crippen LogP contribution < -0.4 is 15.2 Å². The smallest absolute Gasteiger partial charge is 0.243 e. The molecular formula is C13H18N2O4S. The second-order valence-electron chi connectivity index (χ2n) is 4.95. The number of hydrogen-bond donors (Lipinski definition) is 1. The van der Waals surface area contributed by atoms with E-state index in [4.69, 9.17) is 15.2 Å². The third-order valence-corrected chi connectivity index (χ3v) is 5.66. The average Bonchev–Trinajstić information content (AvgIpc) is 2.96. The maximum absolute atomic E-state index is 12.7. The zero-order valence-electron chi connectivity index (χ0n) is 11.1. The van der Waals surface area contributed by atoms with Crippen LogP contribution in [-0.4, -0.2) is 45.1 Å². The van der Waals surface area contributed by atoms with Crippen LogP contribution >= 0.6 is 0 Å². The number of hydrogen-bond acceptors (Lipinski definition) is 5. The Kier molecular flexibility index (Phi) is 3.57. The van der Waals surface area contributed by atoms with Crippen molar-refractivity contribution in [3.8, 4) is 11.5 Å². The molecule has 0 aromatic heterocycles. The molecule has 110 valence electrons. The van der Waals surface area contributed by atoms with Crippen LogP contribution in [0.15, 0.2) is 23.1 Å². The van der Waals surface area contributed by atoms with Crippen LogP contribution in [0.1, 0.15) is 12.8 Å². The largest absolute Gasteiger partial charge is 0.486 e. The minimum Gasteiger partial charge on any atom is -0.486 e. The van der Waals surface area contributed by atoms with Crippen molar-refractivity contribution in [3.63, 3.8) is 0 Å². The summed E-state index contributed by atoms with van der Waals surface area (Å²) in [6, 6.07) is 4.65. The van der Waals surface area contributed by atoms with Gasteiger partial charge in [0.2, 0.25) is 10.0 Å². The first-order valence-corrected chi connectivity index (χ1v) is 8.18. The third-order valence-electron chi connectivity index (χ3n) is 3.72. The molecule has 0 saturated carbocycles. The highest BCUT2D eigenvalue weighted by atomic mass is 32.2. The molecule has 0 bridgehead atoms. The molecule has 2 heterocycles. The molecule has 1 aromatic rings. The standard InChI is InChI=1S/C13H18N2O4S/c14-9-10-2-1-5-15(10)20(16,17)11-3-4-12-13(8-11)19-7-6-18-12/h3-4,8,10H,1-2,5-7,9,14H2. The number of benzene rings is 1. The van der Waals surface area contributed by atoms with Crippen LogP contribution in [0.5, 0.6) is 11.5 Å². The molecule has 2 aliphatic heterocycles. The second-order valence-corrected chi connectivity index (χ2v) is 6.84. The topological polar surface area (TPSA) is 81.9 Å². The lowest BCUT2D eigenvalue weighted by atomic mass is 10.2. The normalized spacial score (nSPS) is 22.9. The van der Waals surface area contributed by atoms with Gasteiger partial charge < -0.3 is 15.2 Å². The monoisotopic (exact) mass is 298 g/mol. The summed E-state index contributed by atoms with van der Waals surface area (Å²) in [5.74, 6) is 1.08. The first-order valence-electron chi connectivity index (χ1n) is 6.74. The fourth-order valence-electron chi connectivity index (χ4n) is 2.68. The maximum Gasteiger partial charge on any atom is 0.243 e. The van der Waals surface area contributed by atoms with Gasteiger partial charge in [0, 0.05) is 25.2 Å². The lowest BCUT2D eigenvalue weighted by Crippen LogP contribution is -2.39.